The summed E-state index contributed by atoms with van der Waals surface area (Å²) >= 11 is 0. The van der Waals surface area contributed by atoms with E-state index >= 15 is 0 Å². The van der Waals surface area contributed by atoms with Crippen LogP contribution < -0.4 is 5.32 Å². The summed E-state index contributed by atoms with van der Waals surface area (Å²) in [6.07, 6.45) is 4.61. The van der Waals surface area contributed by atoms with Crippen molar-refractivity contribution in [2.45, 2.75) is 45.8 Å². The number of hydrogen-bond acceptors (Lipinski definition) is 3. The van der Waals surface area contributed by atoms with Gasteiger partial charge in [0.15, 0.2) is 0 Å². The van der Waals surface area contributed by atoms with Crippen molar-refractivity contribution in [2.24, 2.45) is 5.92 Å². The molecule has 100 valence electrons. The van der Waals surface area contributed by atoms with Gasteiger partial charge in [-0.25, -0.2) is 0 Å². The predicted octanol–water partition coefficient (Wildman–Crippen LogP) is 2.42. The molecule has 0 atom stereocenters. The van der Waals surface area contributed by atoms with E-state index in [1.165, 1.54) is 24.1 Å². The van der Waals surface area contributed by atoms with Crippen LogP contribution in [0.25, 0.3) is 0 Å². The summed E-state index contributed by atoms with van der Waals surface area (Å²) in [7, 11) is 2.21. The third-order valence-electron chi connectivity index (χ3n) is 3.42. The molecule has 1 saturated carbocycles. The van der Waals surface area contributed by atoms with E-state index in [9.17, 15) is 0 Å². The summed E-state index contributed by atoms with van der Waals surface area (Å²) in [5.41, 5.74) is 2.56. The molecule has 2 rings (SSSR count). The third kappa shape index (κ3) is 4.07. The molecule has 0 amide bonds. The maximum absolute atomic E-state index is 4.54. The van der Waals surface area contributed by atoms with Crippen LogP contribution in [0.3, 0.4) is 0 Å². The first-order valence-electron chi connectivity index (χ1n) is 7.00. The van der Waals surface area contributed by atoms with Crippen LogP contribution in [0.15, 0.2) is 18.3 Å². The predicted molar refractivity (Wildman–Crippen MR) is 75.3 cm³/mol. The van der Waals surface area contributed by atoms with Crippen LogP contribution >= 0.6 is 0 Å². The minimum atomic E-state index is 0.694. The largest absolute Gasteiger partial charge is 0.312 e. The number of rotatable bonds is 7. The Kier molecular flexibility index (Phi) is 4.72. The molecule has 1 aliphatic rings. The number of nitrogens with one attached hydrogen (secondary N) is 1. The number of aromatic nitrogens is 1. The Hall–Kier alpha value is -0.930. The summed E-state index contributed by atoms with van der Waals surface area (Å²) in [5.74, 6) is 0.694. The molecular formula is C15H25N3. The Balaban J connectivity index is 1.91. The molecule has 1 aromatic rings. The van der Waals surface area contributed by atoms with E-state index in [1.54, 1.807) is 0 Å². The van der Waals surface area contributed by atoms with Crippen LogP contribution in [0.1, 0.15) is 37.9 Å². The molecule has 0 radical (unpaired) electrons. The molecule has 0 aromatic carbocycles. The Morgan fingerprint density at radius 3 is 2.89 bits per heavy atom. The van der Waals surface area contributed by atoms with Crippen molar-refractivity contribution >= 4 is 0 Å². The van der Waals surface area contributed by atoms with Crippen molar-refractivity contribution in [3.05, 3.63) is 29.6 Å². The SMILES string of the molecule is CC(C)CNCc1cccnc1CN(C)C1CC1. The van der Waals surface area contributed by atoms with Crippen molar-refractivity contribution in [3.8, 4) is 0 Å². The van der Waals surface area contributed by atoms with Crippen molar-refractivity contribution in [2.75, 3.05) is 13.6 Å². The molecule has 0 bridgehead atoms. The van der Waals surface area contributed by atoms with E-state index in [1.807, 2.05) is 12.3 Å². The van der Waals surface area contributed by atoms with Gasteiger partial charge in [0.25, 0.3) is 0 Å². The van der Waals surface area contributed by atoms with Gasteiger partial charge in [-0.05, 0) is 44.0 Å². The lowest BCUT2D eigenvalue weighted by atomic mass is 10.1. The second kappa shape index (κ2) is 6.30. The molecule has 1 N–H and O–H groups in total. The Morgan fingerprint density at radius 1 is 1.44 bits per heavy atom. The van der Waals surface area contributed by atoms with Crippen LogP contribution in [0.4, 0.5) is 0 Å². The fourth-order valence-corrected chi connectivity index (χ4v) is 2.15. The first-order chi connectivity index (χ1) is 8.66. The number of nitrogens with zero attached hydrogens (tertiary/aromatic N) is 2. The van der Waals surface area contributed by atoms with Gasteiger partial charge in [-0.1, -0.05) is 19.9 Å². The van der Waals surface area contributed by atoms with Crippen LogP contribution in [0.2, 0.25) is 0 Å². The minimum Gasteiger partial charge on any atom is -0.312 e. The lowest BCUT2D eigenvalue weighted by Crippen LogP contribution is -2.24. The van der Waals surface area contributed by atoms with E-state index in [2.05, 4.69) is 42.2 Å². The zero-order valence-electron chi connectivity index (χ0n) is 11.8. The fraction of sp³-hybridized carbons (Fsp3) is 0.667. The Morgan fingerprint density at radius 2 is 2.22 bits per heavy atom. The maximum atomic E-state index is 4.54. The molecule has 1 heterocycles. The summed E-state index contributed by atoms with van der Waals surface area (Å²) < 4.78 is 0. The average molecular weight is 247 g/mol. The first-order valence-corrected chi connectivity index (χ1v) is 7.00. The van der Waals surface area contributed by atoms with Gasteiger partial charge < -0.3 is 5.32 Å². The highest BCUT2D eigenvalue weighted by atomic mass is 15.2. The van der Waals surface area contributed by atoms with Gasteiger partial charge in [-0.15, -0.1) is 0 Å². The van der Waals surface area contributed by atoms with Crippen LogP contribution in [0, 0.1) is 5.92 Å². The fourth-order valence-electron chi connectivity index (χ4n) is 2.15. The summed E-state index contributed by atoms with van der Waals surface area (Å²) in [6, 6.07) is 5.02. The second-order valence-electron chi connectivity index (χ2n) is 5.78. The van der Waals surface area contributed by atoms with Crippen molar-refractivity contribution in [1.29, 1.82) is 0 Å². The van der Waals surface area contributed by atoms with E-state index < -0.39 is 0 Å². The molecule has 3 nitrogen and oxygen atoms in total. The van der Waals surface area contributed by atoms with E-state index in [-0.39, 0.29) is 0 Å². The summed E-state index contributed by atoms with van der Waals surface area (Å²) in [6.45, 7) is 7.44. The zero-order valence-corrected chi connectivity index (χ0v) is 11.8. The van der Waals surface area contributed by atoms with E-state index in [0.717, 1.165) is 25.7 Å². The highest BCUT2D eigenvalue weighted by Gasteiger charge is 2.26. The number of hydrogen-bond donors (Lipinski definition) is 1. The quantitative estimate of drug-likeness (QED) is 0.802. The normalized spacial score (nSPS) is 15.6. The van der Waals surface area contributed by atoms with Gasteiger partial charge in [-0.2, -0.15) is 0 Å². The minimum absolute atomic E-state index is 0.694. The highest BCUT2D eigenvalue weighted by Crippen LogP contribution is 2.26. The second-order valence-corrected chi connectivity index (χ2v) is 5.78. The topological polar surface area (TPSA) is 28.2 Å². The molecular weight excluding hydrogens is 222 g/mol. The molecule has 1 aliphatic carbocycles. The molecule has 1 fully saturated rings. The molecule has 1 aromatic heterocycles. The molecule has 0 aliphatic heterocycles. The van der Waals surface area contributed by atoms with Gasteiger partial charge in [0.2, 0.25) is 0 Å². The van der Waals surface area contributed by atoms with E-state index in [0.29, 0.717) is 5.92 Å². The van der Waals surface area contributed by atoms with Crippen LogP contribution in [-0.2, 0) is 13.1 Å². The summed E-state index contributed by atoms with van der Waals surface area (Å²) in [5, 5.41) is 3.50. The average Bonchev–Trinajstić information content (AvgIpc) is 3.14. The van der Waals surface area contributed by atoms with Crippen LogP contribution in [-0.4, -0.2) is 29.5 Å². The zero-order chi connectivity index (χ0) is 13.0. The van der Waals surface area contributed by atoms with Gasteiger partial charge in [0, 0.05) is 25.3 Å². The van der Waals surface area contributed by atoms with Crippen molar-refractivity contribution in [3.63, 3.8) is 0 Å². The molecule has 0 saturated heterocycles. The molecule has 0 unspecified atom stereocenters. The van der Waals surface area contributed by atoms with Crippen molar-refractivity contribution in [1.82, 2.24) is 15.2 Å². The Bertz CT molecular complexity index is 372. The summed E-state index contributed by atoms with van der Waals surface area (Å²) in [4.78, 5) is 6.97. The monoisotopic (exact) mass is 247 g/mol. The first kappa shape index (κ1) is 13.5. The van der Waals surface area contributed by atoms with Gasteiger partial charge in [-0.3, -0.25) is 9.88 Å². The van der Waals surface area contributed by atoms with E-state index in [4.69, 9.17) is 0 Å². The van der Waals surface area contributed by atoms with Crippen LogP contribution in [0.5, 0.6) is 0 Å². The third-order valence-corrected chi connectivity index (χ3v) is 3.42. The maximum Gasteiger partial charge on any atom is 0.0588 e. The molecule has 18 heavy (non-hydrogen) atoms. The van der Waals surface area contributed by atoms with Gasteiger partial charge >= 0.3 is 0 Å². The van der Waals surface area contributed by atoms with Gasteiger partial charge in [0.1, 0.15) is 0 Å². The van der Waals surface area contributed by atoms with Crippen molar-refractivity contribution < 1.29 is 0 Å². The molecule has 0 spiro atoms. The standard InChI is InChI=1S/C15H25N3/c1-12(2)9-16-10-13-5-4-8-17-15(13)11-18(3)14-6-7-14/h4-5,8,12,14,16H,6-7,9-11H2,1-3H3. The lowest BCUT2D eigenvalue weighted by Gasteiger charge is -2.17. The smallest absolute Gasteiger partial charge is 0.0588 e. The van der Waals surface area contributed by atoms with Gasteiger partial charge in [0.05, 0.1) is 5.69 Å². The lowest BCUT2D eigenvalue weighted by molar-refractivity contribution is 0.311. The number of pyridine rings is 1. The Labute approximate surface area is 111 Å². The highest BCUT2D eigenvalue weighted by molar-refractivity contribution is 5.19. The molecule has 3 heteroatoms.